The van der Waals surface area contributed by atoms with Crippen LogP contribution in [0.3, 0.4) is 0 Å². The molecule has 0 heterocycles. The molecule has 0 bridgehead atoms. The Kier molecular flexibility index (Phi) is 7.92. The van der Waals surface area contributed by atoms with E-state index >= 15 is 0 Å². The van der Waals surface area contributed by atoms with Gasteiger partial charge in [-0.25, -0.2) is 0 Å². The van der Waals surface area contributed by atoms with Crippen molar-refractivity contribution >= 4 is 5.57 Å². The van der Waals surface area contributed by atoms with Crippen LogP contribution in [0.15, 0.2) is 152 Å². The maximum Gasteiger partial charge on any atom is 0.210 e. The van der Waals surface area contributed by atoms with Crippen LogP contribution in [0.2, 0.25) is 0 Å². The molecule has 0 aliphatic heterocycles. The predicted octanol–water partition coefficient (Wildman–Crippen LogP) is 7.54. The Morgan fingerprint density at radius 2 is 0.950 bits per heavy atom. The summed E-state index contributed by atoms with van der Waals surface area (Å²) in [5.41, 5.74) is 6.79. The zero-order chi connectivity index (χ0) is 28.0. The molecule has 0 radical (unpaired) electrons. The SMILES string of the molecule is OC1(O)C=CC(c2cccc(-c3ccccc3)c2)C=C1c1ccccc1.Oc1ccc(-c2ccc(O)cc2)cc1. The molecule has 1 atom stereocenters. The molecule has 0 fully saturated rings. The molecule has 0 amide bonds. The largest absolute Gasteiger partial charge is 0.508 e. The van der Waals surface area contributed by atoms with Crippen molar-refractivity contribution in [3.8, 4) is 33.8 Å². The van der Waals surface area contributed by atoms with Crippen LogP contribution >= 0.6 is 0 Å². The Morgan fingerprint density at radius 3 is 1.50 bits per heavy atom. The second-order valence-electron chi connectivity index (χ2n) is 9.64. The van der Waals surface area contributed by atoms with Crippen LogP contribution in [0, 0.1) is 0 Å². The number of phenolic OH excluding ortho intramolecular Hbond substituents is 2. The summed E-state index contributed by atoms with van der Waals surface area (Å²) in [5, 5.41) is 39.0. The second kappa shape index (κ2) is 11.9. The molecule has 4 heteroatoms. The van der Waals surface area contributed by atoms with Gasteiger partial charge in [0.1, 0.15) is 11.5 Å². The van der Waals surface area contributed by atoms with Gasteiger partial charge >= 0.3 is 0 Å². The third-order valence-corrected chi connectivity index (χ3v) is 6.81. The Labute approximate surface area is 234 Å². The fraction of sp³-hybridized carbons (Fsp3) is 0.0556. The molecule has 0 spiro atoms. The maximum absolute atomic E-state index is 10.4. The van der Waals surface area contributed by atoms with Crippen LogP contribution < -0.4 is 0 Å². The van der Waals surface area contributed by atoms with E-state index in [0.29, 0.717) is 5.57 Å². The number of aromatic hydroxyl groups is 2. The van der Waals surface area contributed by atoms with Crippen molar-refractivity contribution in [2.45, 2.75) is 11.7 Å². The summed E-state index contributed by atoms with van der Waals surface area (Å²) in [7, 11) is 0. The number of phenols is 2. The lowest BCUT2D eigenvalue weighted by atomic mass is 9.84. The predicted molar refractivity (Wildman–Crippen MR) is 161 cm³/mol. The van der Waals surface area contributed by atoms with Gasteiger partial charge in [0.15, 0.2) is 0 Å². The van der Waals surface area contributed by atoms with E-state index in [0.717, 1.165) is 27.8 Å². The fourth-order valence-electron chi connectivity index (χ4n) is 4.68. The number of benzene rings is 5. The highest BCUT2D eigenvalue weighted by molar-refractivity contribution is 5.75. The normalized spacial score (nSPS) is 15.4. The van der Waals surface area contributed by atoms with Gasteiger partial charge in [0.25, 0.3) is 0 Å². The van der Waals surface area contributed by atoms with Crippen LogP contribution in [-0.4, -0.2) is 26.2 Å². The molecule has 1 aliphatic rings. The van der Waals surface area contributed by atoms with Crippen molar-refractivity contribution in [2.24, 2.45) is 0 Å². The summed E-state index contributed by atoms with van der Waals surface area (Å²) in [6, 6.07) is 42.0. The van der Waals surface area contributed by atoms with E-state index in [1.165, 1.54) is 11.6 Å². The van der Waals surface area contributed by atoms with E-state index in [-0.39, 0.29) is 17.4 Å². The van der Waals surface area contributed by atoms with Crippen LogP contribution in [-0.2, 0) is 0 Å². The van der Waals surface area contributed by atoms with Crippen molar-refractivity contribution in [3.05, 3.63) is 163 Å². The summed E-state index contributed by atoms with van der Waals surface area (Å²) in [6.07, 6.45) is 5.24. The molecule has 0 saturated heterocycles. The van der Waals surface area contributed by atoms with Crippen molar-refractivity contribution in [1.29, 1.82) is 0 Å². The van der Waals surface area contributed by atoms with Crippen molar-refractivity contribution in [1.82, 2.24) is 0 Å². The fourth-order valence-corrected chi connectivity index (χ4v) is 4.68. The monoisotopic (exact) mass is 526 g/mol. The lowest BCUT2D eigenvalue weighted by Crippen LogP contribution is -2.29. The maximum atomic E-state index is 10.4. The number of allylic oxidation sites excluding steroid dienone is 2. The molecule has 6 rings (SSSR count). The summed E-state index contributed by atoms with van der Waals surface area (Å²) in [6.45, 7) is 0. The first-order chi connectivity index (χ1) is 19.4. The van der Waals surface area contributed by atoms with Gasteiger partial charge in [0.05, 0.1) is 0 Å². The zero-order valence-electron chi connectivity index (χ0n) is 21.8. The highest BCUT2D eigenvalue weighted by atomic mass is 16.5. The summed E-state index contributed by atoms with van der Waals surface area (Å²) in [4.78, 5) is 0. The van der Waals surface area contributed by atoms with Gasteiger partial charge in [-0.3, -0.25) is 0 Å². The van der Waals surface area contributed by atoms with Gasteiger partial charge in [0.2, 0.25) is 5.79 Å². The molecule has 1 aliphatic carbocycles. The first kappa shape index (κ1) is 26.7. The van der Waals surface area contributed by atoms with E-state index in [9.17, 15) is 10.2 Å². The van der Waals surface area contributed by atoms with Crippen LogP contribution in [0.4, 0.5) is 0 Å². The van der Waals surface area contributed by atoms with Gasteiger partial charge in [-0.05, 0) is 63.7 Å². The van der Waals surface area contributed by atoms with Crippen molar-refractivity contribution in [2.75, 3.05) is 0 Å². The highest BCUT2D eigenvalue weighted by Gasteiger charge is 2.31. The summed E-state index contributed by atoms with van der Waals surface area (Å²) >= 11 is 0. The number of aliphatic hydroxyl groups is 2. The molecular weight excluding hydrogens is 496 g/mol. The molecule has 0 saturated carbocycles. The Bertz CT molecular complexity index is 1560. The van der Waals surface area contributed by atoms with Gasteiger partial charge < -0.3 is 20.4 Å². The average Bonchev–Trinajstić information content (AvgIpc) is 2.99. The third-order valence-electron chi connectivity index (χ3n) is 6.81. The standard InChI is InChI=1S/C24H20O2.C12H10O2/c25-24(26)15-14-22(17-23(24)19-10-5-2-6-11-19)21-13-7-12-20(16-21)18-8-3-1-4-9-18;13-11-5-1-9(2-6-11)10-3-7-12(14)8-4-10/h1-17,22,25-26H;1-8,13-14H. The van der Waals surface area contributed by atoms with Crippen molar-refractivity contribution in [3.63, 3.8) is 0 Å². The molecule has 0 aromatic heterocycles. The molecule has 198 valence electrons. The average molecular weight is 527 g/mol. The highest BCUT2D eigenvalue weighted by Crippen LogP contribution is 2.37. The van der Waals surface area contributed by atoms with Gasteiger partial charge in [-0.15, -0.1) is 0 Å². The third kappa shape index (κ3) is 6.38. The van der Waals surface area contributed by atoms with E-state index in [1.54, 1.807) is 24.3 Å². The minimum absolute atomic E-state index is 0.0127. The van der Waals surface area contributed by atoms with Gasteiger partial charge in [-0.2, -0.15) is 0 Å². The Hall–Kier alpha value is -4.90. The molecule has 4 N–H and O–H groups in total. The lowest BCUT2D eigenvalue weighted by molar-refractivity contribution is -0.0657. The molecule has 1 unspecified atom stereocenters. The molecule has 5 aromatic carbocycles. The topological polar surface area (TPSA) is 80.9 Å². The van der Waals surface area contributed by atoms with E-state index in [1.807, 2.05) is 91.0 Å². The van der Waals surface area contributed by atoms with E-state index in [4.69, 9.17) is 10.2 Å². The van der Waals surface area contributed by atoms with E-state index in [2.05, 4.69) is 30.3 Å². The summed E-state index contributed by atoms with van der Waals surface area (Å²) < 4.78 is 0. The first-order valence-corrected chi connectivity index (χ1v) is 13.0. The zero-order valence-corrected chi connectivity index (χ0v) is 21.8. The minimum atomic E-state index is -1.95. The Morgan fingerprint density at radius 1 is 0.475 bits per heavy atom. The minimum Gasteiger partial charge on any atom is -0.508 e. The summed E-state index contributed by atoms with van der Waals surface area (Å²) in [5.74, 6) is -1.45. The van der Waals surface area contributed by atoms with Gasteiger partial charge in [-0.1, -0.05) is 121 Å². The quantitative estimate of drug-likeness (QED) is 0.144. The first-order valence-electron chi connectivity index (χ1n) is 13.0. The number of hydrogen-bond donors (Lipinski definition) is 4. The second-order valence-corrected chi connectivity index (χ2v) is 9.64. The number of hydrogen-bond acceptors (Lipinski definition) is 4. The van der Waals surface area contributed by atoms with Crippen LogP contribution in [0.25, 0.3) is 27.8 Å². The molecule has 5 aromatic rings. The smallest absolute Gasteiger partial charge is 0.210 e. The van der Waals surface area contributed by atoms with Gasteiger partial charge in [0, 0.05) is 11.5 Å². The Balaban J connectivity index is 0.000000194. The molecule has 4 nitrogen and oxygen atoms in total. The molecule has 40 heavy (non-hydrogen) atoms. The van der Waals surface area contributed by atoms with E-state index < -0.39 is 5.79 Å². The molecular formula is C36H30O4. The lowest BCUT2D eigenvalue weighted by Gasteiger charge is -2.28. The van der Waals surface area contributed by atoms with Crippen LogP contribution in [0.5, 0.6) is 11.5 Å². The van der Waals surface area contributed by atoms with Crippen LogP contribution in [0.1, 0.15) is 17.0 Å². The van der Waals surface area contributed by atoms with Crippen molar-refractivity contribution < 1.29 is 20.4 Å². The number of rotatable bonds is 4.